The molecule has 6 nitrogen and oxygen atoms in total. The number of carbonyl (C=O) groups is 2. The molecule has 37 heavy (non-hydrogen) atoms. The zero-order valence-corrected chi connectivity index (χ0v) is 20.2. The Labute approximate surface area is 212 Å². The molecule has 0 atom stereocenters. The quantitative estimate of drug-likeness (QED) is 0.492. The number of benzene rings is 2. The lowest BCUT2D eigenvalue weighted by atomic mass is 10.0. The van der Waals surface area contributed by atoms with Gasteiger partial charge in [-0.15, -0.1) is 0 Å². The van der Waals surface area contributed by atoms with Gasteiger partial charge in [0, 0.05) is 62.1 Å². The molecule has 9 heteroatoms. The topological polar surface area (TPSA) is 56.8 Å². The van der Waals surface area contributed by atoms with Crippen molar-refractivity contribution in [3.05, 3.63) is 94.8 Å². The molecule has 0 aliphatic carbocycles. The molecule has 3 aromatic rings. The van der Waals surface area contributed by atoms with E-state index in [9.17, 15) is 22.8 Å². The third kappa shape index (κ3) is 4.81. The molecule has 2 aromatic carbocycles. The van der Waals surface area contributed by atoms with Crippen LogP contribution in [0.3, 0.4) is 0 Å². The molecule has 0 radical (unpaired) electrons. The largest absolute Gasteiger partial charge is 0.417 e. The number of para-hydroxylation sites is 1. The number of halogens is 3. The summed E-state index contributed by atoms with van der Waals surface area (Å²) in [5.41, 5.74) is 3.27. The molecule has 3 heterocycles. The lowest BCUT2D eigenvalue weighted by Gasteiger charge is -2.35. The Balaban J connectivity index is 1.27. The Kier molecular flexibility index (Phi) is 6.45. The molecule has 0 N–H and O–H groups in total. The van der Waals surface area contributed by atoms with Crippen molar-refractivity contribution in [2.24, 2.45) is 0 Å². The van der Waals surface area contributed by atoms with Gasteiger partial charge in [-0.2, -0.15) is 13.2 Å². The van der Waals surface area contributed by atoms with Gasteiger partial charge in [-0.1, -0.05) is 30.4 Å². The number of fused-ring (bicyclic) bond motifs is 1. The van der Waals surface area contributed by atoms with Gasteiger partial charge in [0.25, 0.3) is 11.8 Å². The van der Waals surface area contributed by atoms with Crippen LogP contribution in [0.4, 0.5) is 24.5 Å². The molecule has 2 aliphatic rings. The van der Waals surface area contributed by atoms with E-state index in [1.54, 1.807) is 11.0 Å². The fourth-order valence-electron chi connectivity index (χ4n) is 4.85. The monoisotopic (exact) mass is 506 g/mol. The maximum absolute atomic E-state index is 13.3. The number of anilines is 2. The van der Waals surface area contributed by atoms with Gasteiger partial charge in [-0.25, -0.2) is 0 Å². The summed E-state index contributed by atoms with van der Waals surface area (Å²) < 4.78 is 40.0. The SMILES string of the molecule is Cc1cc(C(=O)N2CCN(C(=O)c3cnccc3C(F)(F)F)CC2)ccc1N1CC=Cc2ccccc21. The maximum Gasteiger partial charge on any atom is 0.417 e. The predicted molar refractivity (Wildman–Crippen MR) is 135 cm³/mol. The summed E-state index contributed by atoms with van der Waals surface area (Å²) in [7, 11) is 0. The summed E-state index contributed by atoms with van der Waals surface area (Å²) in [4.78, 5) is 34.9. The fraction of sp³-hybridized carbons (Fsp3) is 0.250. The number of rotatable bonds is 3. The highest BCUT2D eigenvalue weighted by Crippen LogP contribution is 2.35. The highest BCUT2D eigenvalue weighted by atomic mass is 19.4. The van der Waals surface area contributed by atoms with Gasteiger partial charge >= 0.3 is 6.18 Å². The number of aromatic nitrogens is 1. The molecule has 1 aromatic heterocycles. The third-order valence-electron chi connectivity index (χ3n) is 6.76. The first-order valence-electron chi connectivity index (χ1n) is 12.0. The van der Waals surface area contributed by atoms with Crippen LogP contribution in [0.2, 0.25) is 0 Å². The van der Waals surface area contributed by atoms with E-state index in [1.165, 1.54) is 4.90 Å². The van der Waals surface area contributed by atoms with Crippen LogP contribution in [0, 0.1) is 6.92 Å². The van der Waals surface area contributed by atoms with Crippen LogP contribution < -0.4 is 4.90 Å². The third-order valence-corrected chi connectivity index (χ3v) is 6.76. The number of pyridine rings is 1. The molecule has 1 fully saturated rings. The van der Waals surface area contributed by atoms with Crippen molar-refractivity contribution in [1.29, 1.82) is 0 Å². The minimum Gasteiger partial charge on any atom is -0.337 e. The number of piperazine rings is 1. The van der Waals surface area contributed by atoms with Crippen LogP contribution in [0.25, 0.3) is 6.08 Å². The van der Waals surface area contributed by atoms with Crippen LogP contribution in [0.5, 0.6) is 0 Å². The summed E-state index contributed by atoms with van der Waals surface area (Å²) in [6.45, 7) is 3.45. The van der Waals surface area contributed by atoms with Crippen molar-refractivity contribution in [2.75, 3.05) is 37.6 Å². The molecule has 2 aliphatic heterocycles. The van der Waals surface area contributed by atoms with Crippen LogP contribution >= 0.6 is 0 Å². The number of carbonyl (C=O) groups excluding carboxylic acids is 2. The summed E-state index contributed by atoms with van der Waals surface area (Å²) in [5, 5.41) is 0. The van der Waals surface area contributed by atoms with E-state index >= 15 is 0 Å². The van der Waals surface area contributed by atoms with E-state index in [0.29, 0.717) is 5.56 Å². The second-order valence-electron chi connectivity index (χ2n) is 9.08. The molecule has 5 rings (SSSR count). The Morgan fingerprint density at radius 1 is 0.892 bits per heavy atom. The van der Waals surface area contributed by atoms with Gasteiger partial charge in [0.15, 0.2) is 0 Å². The molecule has 0 spiro atoms. The van der Waals surface area contributed by atoms with Gasteiger partial charge in [-0.3, -0.25) is 14.6 Å². The Bertz CT molecular complexity index is 1380. The lowest BCUT2D eigenvalue weighted by Crippen LogP contribution is -2.50. The average molecular weight is 507 g/mol. The normalized spacial score (nSPS) is 15.5. The average Bonchev–Trinajstić information content (AvgIpc) is 2.91. The number of amides is 2. The fourth-order valence-corrected chi connectivity index (χ4v) is 4.85. The van der Waals surface area contributed by atoms with Gasteiger partial charge in [0.2, 0.25) is 0 Å². The van der Waals surface area contributed by atoms with E-state index < -0.39 is 23.2 Å². The first-order chi connectivity index (χ1) is 17.7. The molecular weight excluding hydrogens is 481 g/mol. The van der Waals surface area contributed by atoms with Crippen LogP contribution in [-0.2, 0) is 6.18 Å². The lowest BCUT2D eigenvalue weighted by molar-refractivity contribution is -0.138. The van der Waals surface area contributed by atoms with Crippen LogP contribution in [-0.4, -0.2) is 59.3 Å². The predicted octanol–water partition coefficient (Wildman–Crippen LogP) is 5.17. The van der Waals surface area contributed by atoms with E-state index in [4.69, 9.17) is 0 Å². The number of aryl methyl sites for hydroxylation is 1. The zero-order chi connectivity index (χ0) is 26.2. The smallest absolute Gasteiger partial charge is 0.337 e. The number of alkyl halides is 3. The van der Waals surface area contributed by atoms with Crippen molar-refractivity contribution in [3.8, 4) is 0 Å². The molecule has 0 saturated carbocycles. The Morgan fingerprint density at radius 3 is 2.30 bits per heavy atom. The Hall–Kier alpha value is -4.14. The van der Waals surface area contributed by atoms with Crippen LogP contribution in [0.15, 0.2) is 67.0 Å². The number of nitrogens with zero attached hydrogens (tertiary/aromatic N) is 4. The first kappa shape index (κ1) is 24.5. The van der Waals surface area contributed by atoms with Crippen molar-refractivity contribution in [1.82, 2.24) is 14.8 Å². The minimum atomic E-state index is -4.65. The highest BCUT2D eigenvalue weighted by Gasteiger charge is 2.37. The molecule has 0 bridgehead atoms. The summed E-state index contributed by atoms with van der Waals surface area (Å²) in [5.74, 6) is -0.901. The second-order valence-corrected chi connectivity index (χ2v) is 9.08. The van der Waals surface area contributed by atoms with Gasteiger partial charge in [0.1, 0.15) is 0 Å². The number of hydrogen-bond acceptors (Lipinski definition) is 4. The van der Waals surface area contributed by atoms with E-state index in [-0.39, 0.29) is 32.1 Å². The van der Waals surface area contributed by atoms with Gasteiger partial charge in [-0.05, 0) is 48.4 Å². The Morgan fingerprint density at radius 2 is 1.59 bits per heavy atom. The van der Waals surface area contributed by atoms with Crippen molar-refractivity contribution in [2.45, 2.75) is 13.1 Å². The van der Waals surface area contributed by atoms with Crippen molar-refractivity contribution in [3.63, 3.8) is 0 Å². The first-order valence-corrected chi connectivity index (χ1v) is 12.0. The van der Waals surface area contributed by atoms with Crippen molar-refractivity contribution >= 4 is 29.3 Å². The van der Waals surface area contributed by atoms with Crippen LogP contribution in [0.1, 0.15) is 37.4 Å². The van der Waals surface area contributed by atoms with E-state index in [2.05, 4.69) is 34.2 Å². The summed E-state index contributed by atoms with van der Waals surface area (Å²) in [6, 6.07) is 14.5. The molecule has 2 amide bonds. The van der Waals surface area contributed by atoms with E-state index in [1.807, 2.05) is 31.2 Å². The second kappa shape index (κ2) is 9.72. The maximum atomic E-state index is 13.3. The molecule has 1 saturated heterocycles. The summed E-state index contributed by atoms with van der Waals surface area (Å²) >= 11 is 0. The zero-order valence-electron chi connectivity index (χ0n) is 20.2. The van der Waals surface area contributed by atoms with Crippen molar-refractivity contribution < 1.29 is 22.8 Å². The molecule has 0 unspecified atom stereocenters. The molecular formula is C28H25F3N4O2. The summed E-state index contributed by atoms with van der Waals surface area (Å²) in [6.07, 6.45) is 1.52. The number of hydrogen-bond donors (Lipinski definition) is 0. The van der Waals surface area contributed by atoms with Gasteiger partial charge < -0.3 is 14.7 Å². The molecule has 190 valence electrons. The van der Waals surface area contributed by atoms with Gasteiger partial charge in [0.05, 0.1) is 11.1 Å². The standard InChI is InChI=1S/C28H25F3N4O2/c1-19-17-21(8-9-24(19)35-12-4-6-20-5-2-3-7-25(20)35)26(36)33-13-15-34(16-14-33)27(37)22-18-32-11-10-23(22)28(29,30)31/h2-11,17-18H,12-16H2,1H3. The highest BCUT2D eigenvalue weighted by molar-refractivity contribution is 5.97. The minimum absolute atomic E-state index is 0.144. The van der Waals surface area contributed by atoms with E-state index in [0.717, 1.165) is 47.5 Å².